The van der Waals surface area contributed by atoms with E-state index in [1.165, 1.54) is 12.3 Å². The summed E-state index contributed by atoms with van der Waals surface area (Å²) in [6.07, 6.45) is 1.49. The van der Waals surface area contributed by atoms with Gasteiger partial charge in [0.05, 0.1) is 6.61 Å². The highest BCUT2D eigenvalue weighted by atomic mass is 19.1. The first-order valence-electron chi connectivity index (χ1n) is 5.97. The van der Waals surface area contributed by atoms with E-state index in [2.05, 4.69) is 20.6 Å². The van der Waals surface area contributed by atoms with Gasteiger partial charge in [0.1, 0.15) is 23.1 Å². The standard InChI is InChI=1S/C13H14F2N4O/c1-20-8-7-16-11-5-6-17-13(18-11)19-12-9(14)3-2-4-10(12)15/h2-6H,7-8H2,1H3,(H2,16,17,18,19). The number of nitrogens with zero attached hydrogens (tertiary/aromatic N) is 2. The van der Waals surface area contributed by atoms with E-state index in [9.17, 15) is 8.78 Å². The van der Waals surface area contributed by atoms with Gasteiger partial charge in [-0.15, -0.1) is 0 Å². The summed E-state index contributed by atoms with van der Waals surface area (Å²) in [7, 11) is 1.59. The monoisotopic (exact) mass is 280 g/mol. The van der Waals surface area contributed by atoms with Crippen LogP contribution in [0.1, 0.15) is 0 Å². The lowest BCUT2D eigenvalue weighted by Gasteiger charge is -2.09. The number of ether oxygens (including phenoxy) is 1. The fraction of sp³-hybridized carbons (Fsp3) is 0.231. The molecule has 0 saturated heterocycles. The molecule has 0 aliphatic rings. The molecule has 5 nitrogen and oxygen atoms in total. The van der Waals surface area contributed by atoms with Crippen molar-refractivity contribution in [3.8, 4) is 0 Å². The highest BCUT2D eigenvalue weighted by Gasteiger charge is 2.09. The smallest absolute Gasteiger partial charge is 0.229 e. The van der Waals surface area contributed by atoms with Crippen molar-refractivity contribution in [2.45, 2.75) is 0 Å². The molecule has 2 rings (SSSR count). The average molecular weight is 280 g/mol. The van der Waals surface area contributed by atoms with Gasteiger partial charge in [0.25, 0.3) is 0 Å². The van der Waals surface area contributed by atoms with E-state index in [0.717, 1.165) is 12.1 Å². The first kappa shape index (κ1) is 14.1. The lowest BCUT2D eigenvalue weighted by atomic mass is 10.3. The quantitative estimate of drug-likeness (QED) is 0.796. The van der Waals surface area contributed by atoms with E-state index in [4.69, 9.17) is 4.74 Å². The maximum Gasteiger partial charge on any atom is 0.229 e. The van der Waals surface area contributed by atoms with Crippen LogP contribution in [0.25, 0.3) is 0 Å². The largest absolute Gasteiger partial charge is 0.383 e. The number of rotatable bonds is 6. The molecule has 0 saturated carbocycles. The Labute approximate surface area is 115 Å². The molecule has 0 unspecified atom stereocenters. The van der Waals surface area contributed by atoms with E-state index in [-0.39, 0.29) is 11.6 Å². The fourth-order valence-electron chi connectivity index (χ4n) is 1.53. The van der Waals surface area contributed by atoms with Gasteiger partial charge in [-0.2, -0.15) is 4.98 Å². The van der Waals surface area contributed by atoms with Crippen molar-refractivity contribution < 1.29 is 13.5 Å². The van der Waals surface area contributed by atoms with Gasteiger partial charge in [-0.05, 0) is 18.2 Å². The van der Waals surface area contributed by atoms with Crippen molar-refractivity contribution >= 4 is 17.5 Å². The number of aromatic nitrogens is 2. The lowest BCUT2D eigenvalue weighted by Crippen LogP contribution is -2.10. The summed E-state index contributed by atoms with van der Waals surface area (Å²) >= 11 is 0. The summed E-state index contributed by atoms with van der Waals surface area (Å²) in [6.45, 7) is 1.09. The zero-order valence-electron chi connectivity index (χ0n) is 10.9. The summed E-state index contributed by atoms with van der Waals surface area (Å²) < 4.78 is 31.9. The Balaban J connectivity index is 2.11. The summed E-state index contributed by atoms with van der Waals surface area (Å²) in [5.41, 5.74) is -0.276. The topological polar surface area (TPSA) is 59.1 Å². The van der Waals surface area contributed by atoms with Crippen LogP contribution in [0.3, 0.4) is 0 Å². The summed E-state index contributed by atoms with van der Waals surface area (Å²) in [6, 6.07) is 5.26. The normalized spacial score (nSPS) is 10.3. The second-order valence-corrected chi connectivity index (χ2v) is 3.91. The molecule has 0 spiro atoms. The van der Waals surface area contributed by atoms with Crippen molar-refractivity contribution in [1.29, 1.82) is 0 Å². The molecule has 0 atom stereocenters. The van der Waals surface area contributed by atoms with Crippen LogP contribution < -0.4 is 10.6 Å². The maximum absolute atomic E-state index is 13.5. The van der Waals surface area contributed by atoms with Gasteiger partial charge in [-0.1, -0.05) is 6.07 Å². The van der Waals surface area contributed by atoms with Crippen molar-refractivity contribution in [3.63, 3.8) is 0 Å². The Hall–Kier alpha value is -2.28. The summed E-state index contributed by atoms with van der Waals surface area (Å²) in [5, 5.41) is 5.53. The molecule has 7 heteroatoms. The summed E-state index contributed by atoms with van der Waals surface area (Å²) in [5.74, 6) is -0.759. The van der Waals surface area contributed by atoms with Gasteiger partial charge < -0.3 is 15.4 Å². The average Bonchev–Trinajstić information content (AvgIpc) is 2.44. The van der Waals surface area contributed by atoms with Crippen molar-refractivity contribution in [1.82, 2.24) is 9.97 Å². The first-order chi connectivity index (χ1) is 9.70. The second kappa shape index (κ2) is 6.76. The molecule has 20 heavy (non-hydrogen) atoms. The van der Waals surface area contributed by atoms with Crippen LogP contribution in [0.4, 0.5) is 26.2 Å². The van der Waals surface area contributed by atoms with Crippen LogP contribution >= 0.6 is 0 Å². The number of methoxy groups -OCH3 is 1. The molecular formula is C13H14F2N4O. The van der Waals surface area contributed by atoms with Gasteiger partial charge in [0.2, 0.25) is 5.95 Å². The van der Waals surface area contributed by atoms with Gasteiger partial charge in [0.15, 0.2) is 0 Å². The Morgan fingerprint density at radius 1 is 1.20 bits per heavy atom. The molecule has 2 N–H and O–H groups in total. The Bertz CT molecular complexity index is 560. The molecule has 1 aromatic carbocycles. The van der Waals surface area contributed by atoms with E-state index < -0.39 is 11.6 Å². The van der Waals surface area contributed by atoms with Crippen LogP contribution in [0, 0.1) is 11.6 Å². The predicted octanol–water partition coefficient (Wildman–Crippen LogP) is 2.56. The van der Waals surface area contributed by atoms with Gasteiger partial charge >= 0.3 is 0 Å². The number of hydrogen-bond acceptors (Lipinski definition) is 5. The number of benzene rings is 1. The molecule has 0 amide bonds. The number of halogens is 2. The Morgan fingerprint density at radius 3 is 2.65 bits per heavy atom. The molecule has 0 aliphatic carbocycles. The number of nitrogens with one attached hydrogen (secondary N) is 2. The van der Waals surface area contributed by atoms with E-state index in [1.54, 1.807) is 13.2 Å². The van der Waals surface area contributed by atoms with E-state index in [0.29, 0.717) is 19.0 Å². The van der Waals surface area contributed by atoms with Crippen LogP contribution in [0.5, 0.6) is 0 Å². The van der Waals surface area contributed by atoms with Gasteiger partial charge in [-0.25, -0.2) is 13.8 Å². The molecule has 0 bridgehead atoms. The SMILES string of the molecule is COCCNc1ccnc(Nc2c(F)cccc2F)n1. The lowest BCUT2D eigenvalue weighted by molar-refractivity contribution is 0.210. The molecule has 1 heterocycles. The third-order valence-corrected chi connectivity index (χ3v) is 2.47. The van der Waals surface area contributed by atoms with E-state index >= 15 is 0 Å². The molecule has 106 valence electrons. The number of para-hydroxylation sites is 1. The fourth-order valence-corrected chi connectivity index (χ4v) is 1.53. The third kappa shape index (κ3) is 3.61. The molecule has 0 fully saturated rings. The summed E-state index contributed by atoms with van der Waals surface area (Å²) in [4.78, 5) is 8.02. The number of anilines is 3. The van der Waals surface area contributed by atoms with Crippen molar-refractivity contribution in [2.24, 2.45) is 0 Å². The zero-order chi connectivity index (χ0) is 14.4. The molecule has 0 aliphatic heterocycles. The van der Waals surface area contributed by atoms with Crippen molar-refractivity contribution in [3.05, 3.63) is 42.1 Å². The Kier molecular flexibility index (Phi) is 4.78. The second-order valence-electron chi connectivity index (χ2n) is 3.91. The van der Waals surface area contributed by atoms with Gasteiger partial charge in [0, 0.05) is 19.9 Å². The minimum Gasteiger partial charge on any atom is -0.383 e. The molecular weight excluding hydrogens is 266 g/mol. The van der Waals surface area contributed by atoms with E-state index in [1.807, 2.05) is 0 Å². The van der Waals surface area contributed by atoms with Gasteiger partial charge in [-0.3, -0.25) is 0 Å². The van der Waals surface area contributed by atoms with Crippen LogP contribution in [0.2, 0.25) is 0 Å². The molecule has 0 radical (unpaired) electrons. The highest BCUT2D eigenvalue weighted by molar-refractivity contribution is 5.56. The Morgan fingerprint density at radius 2 is 1.95 bits per heavy atom. The van der Waals surface area contributed by atoms with Crippen LogP contribution in [0.15, 0.2) is 30.5 Å². The molecule has 1 aromatic heterocycles. The maximum atomic E-state index is 13.5. The third-order valence-electron chi connectivity index (χ3n) is 2.47. The highest BCUT2D eigenvalue weighted by Crippen LogP contribution is 2.21. The van der Waals surface area contributed by atoms with Crippen LogP contribution in [-0.4, -0.2) is 30.2 Å². The first-order valence-corrected chi connectivity index (χ1v) is 5.97. The zero-order valence-corrected chi connectivity index (χ0v) is 10.9. The van der Waals surface area contributed by atoms with Crippen molar-refractivity contribution in [2.75, 3.05) is 30.9 Å². The number of hydrogen-bond donors (Lipinski definition) is 2. The minimum atomic E-state index is -0.702. The van der Waals surface area contributed by atoms with Crippen LogP contribution in [-0.2, 0) is 4.74 Å². The molecule has 2 aromatic rings. The minimum absolute atomic E-state index is 0.108. The predicted molar refractivity (Wildman–Crippen MR) is 72.0 cm³/mol.